The fourth-order valence-corrected chi connectivity index (χ4v) is 1.79. The lowest BCUT2D eigenvalue weighted by atomic mass is 10.1. The van der Waals surface area contributed by atoms with Gasteiger partial charge in [-0.05, 0) is 18.6 Å². The number of aromatic carboxylic acids is 1. The van der Waals surface area contributed by atoms with Crippen LogP contribution < -0.4 is 5.56 Å². The average molecular weight is 253 g/mol. The quantitative estimate of drug-likeness (QED) is 0.799. The van der Waals surface area contributed by atoms with Gasteiger partial charge in [0.2, 0.25) is 0 Å². The molecule has 0 unspecified atom stereocenters. The number of halogens is 1. The van der Waals surface area contributed by atoms with E-state index < -0.39 is 5.97 Å². The highest BCUT2D eigenvalue weighted by molar-refractivity contribution is 6.32. The van der Waals surface area contributed by atoms with E-state index in [0.717, 1.165) is 0 Å². The number of hydrogen-bond acceptors (Lipinski definition) is 3. The molecular weight excluding hydrogens is 244 g/mol. The van der Waals surface area contributed by atoms with Crippen molar-refractivity contribution >= 4 is 28.6 Å². The fraction of sp³-hybridized carbons (Fsp3) is 0.182. The smallest absolute Gasteiger partial charge is 0.338 e. The summed E-state index contributed by atoms with van der Waals surface area (Å²) in [5.74, 6) is -1.18. The molecule has 2 aromatic heterocycles. The van der Waals surface area contributed by atoms with Crippen molar-refractivity contribution in [1.29, 1.82) is 0 Å². The minimum Gasteiger partial charge on any atom is -0.478 e. The molecular formula is C11H9ClN2O3. The second-order valence-corrected chi connectivity index (χ2v) is 3.90. The molecule has 0 fully saturated rings. The van der Waals surface area contributed by atoms with Crippen LogP contribution in [0, 0.1) is 0 Å². The molecule has 0 aromatic carbocycles. The molecule has 2 heterocycles. The van der Waals surface area contributed by atoms with Gasteiger partial charge in [-0.15, -0.1) is 0 Å². The Morgan fingerprint density at radius 2 is 2.24 bits per heavy atom. The first-order valence-electron chi connectivity index (χ1n) is 4.98. The number of carboxylic acid groups (broad SMARTS) is 1. The third-order valence-electron chi connectivity index (χ3n) is 2.47. The summed E-state index contributed by atoms with van der Waals surface area (Å²) in [6.07, 6.45) is 0.575. The normalized spacial score (nSPS) is 10.7. The van der Waals surface area contributed by atoms with Gasteiger partial charge in [-0.3, -0.25) is 4.79 Å². The van der Waals surface area contributed by atoms with Gasteiger partial charge in [0.1, 0.15) is 5.15 Å². The summed E-state index contributed by atoms with van der Waals surface area (Å²) in [5.41, 5.74) is 1.08. The molecule has 0 aliphatic rings. The molecule has 0 atom stereocenters. The molecule has 0 saturated carbocycles. The van der Waals surface area contributed by atoms with E-state index in [2.05, 4.69) is 9.97 Å². The molecule has 88 valence electrons. The summed E-state index contributed by atoms with van der Waals surface area (Å²) in [5, 5.41) is 8.79. The highest BCUT2D eigenvalue weighted by atomic mass is 35.5. The van der Waals surface area contributed by atoms with Gasteiger partial charge in [0, 0.05) is 5.56 Å². The van der Waals surface area contributed by atoms with E-state index in [1.807, 2.05) is 6.92 Å². The van der Waals surface area contributed by atoms with Crippen molar-refractivity contribution in [3.05, 3.63) is 38.8 Å². The van der Waals surface area contributed by atoms with Crippen molar-refractivity contribution in [3.63, 3.8) is 0 Å². The fourth-order valence-electron chi connectivity index (χ4n) is 1.56. The molecule has 0 aliphatic heterocycles. The van der Waals surface area contributed by atoms with Gasteiger partial charge in [0.15, 0.2) is 0 Å². The van der Waals surface area contributed by atoms with Gasteiger partial charge < -0.3 is 10.1 Å². The molecule has 5 nitrogen and oxygen atoms in total. The van der Waals surface area contributed by atoms with Gasteiger partial charge in [-0.25, -0.2) is 9.78 Å². The predicted octanol–water partition coefficient (Wildman–Crippen LogP) is 1.84. The summed E-state index contributed by atoms with van der Waals surface area (Å²) in [6, 6.07) is 2.93. The molecule has 0 bridgehead atoms. The minimum atomic E-state index is -1.18. The molecule has 17 heavy (non-hydrogen) atoms. The first-order valence-corrected chi connectivity index (χ1v) is 5.36. The van der Waals surface area contributed by atoms with Gasteiger partial charge in [0.25, 0.3) is 5.56 Å². The van der Waals surface area contributed by atoms with Crippen molar-refractivity contribution in [2.75, 3.05) is 0 Å². The van der Waals surface area contributed by atoms with Crippen LogP contribution in [0.5, 0.6) is 0 Å². The van der Waals surface area contributed by atoms with Crippen LogP contribution in [0.15, 0.2) is 16.9 Å². The lowest BCUT2D eigenvalue weighted by Gasteiger charge is -2.03. The van der Waals surface area contributed by atoms with E-state index in [1.165, 1.54) is 6.07 Å². The summed E-state index contributed by atoms with van der Waals surface area (Å²) >= 11 is 5.75. The molecule has 2 N–H and O–H groups in total. The minimum absolute atomic E-state index is 0.0842. The van der Waals surface area contributed by atoms with E-state index in [4.69, 9.17) is 16.7 Å². The van der Waals surface area contributed by atoms with Crippen molar-refractivity contribution < 1.29 is 9.90 Å². The number of carbonyl (C=O) groups is 1. The van der Waals surface area contributed by atoms with Crippen molar-refractivity contribution in [1.82, 2.24) is 9.97 Å². The number of aromatic amines is 1. The van der Waals surface area contributed by atoms with E-state index in [0.29, 0.717) is 23.0 Å². The molecule has 0 amide bonds. The maximum Gasteiger partial charge on any atom is 0.338 e. The van der Waals surface area contributed by atoms with E-state index in [1.54, 1.807) is 6.07 Å². The van der Waals surface area contributed by atoms with Crippen LogP contribution >= 0.6 is 11.6 Å². The van der Waals surface area contributed by atoms with Crippen LogP contribution in [0.2, 0.25) is 5.15 Å². The summed E-state index contributed by atoms with van der Waals surface area (Å²) < 4.78 is 0. The number of carboxylic acids is 1. The number of aromatic nitrogens is 2. The Morgan fingerprint density at radius 3 is 2.82 bits per heavy atom. The van der Waals surface area contributed by atoms with Crippen LogP contribution in [-0.4, -0.2) is 21.0 Å². The SMILES string of the molecule is CCc1cc2nc(Cl)c(C(=O)O)cc2[nH]c1=O. The topological polar surface area (TPSA) is 83.0 Å². The maximum absolute atomic E-state index is 11.6. The zero-order valence-electron chi connectivity index (χ0n) is 8.95. The second-order valence-electron chi connectivity index (χ2n) is 3.54. The molecule has 0 radical (unpaired) electrons. The van der Waals surface area contributed by atoms with Gasteiger partial charge in [-0.1, -0.05) is 18.5 Å². The van der Waals surface area contributed by atoms with E-state index >= 15 is 0 Å². The van der Waals surface area contributed by atoms with Crippen molar-refractivity contribution in [2.45, 2.75) is 13.3 Å². The van der Waals surface area contributed by atoms with E-state index in [-0.39, 0.29) is 16.3 Å². The Balaban J connectivity index is 2.79. The number of fused-ring (bicyclic) bond motifs is 1. The Bertz CT molecular complexity index is 664. The predicted molar refractivity (Wildman–Crippen MR) is 63.7 cm³/mol. The number of nitrogens with one attached hydrogen (secondary N) is 1. The standard InChI is InChI=1S/C11H9ClN2O3/c1-2-5-3-7-8(14-10(5)15)4-6(11(16)17)9(12)13-7/h3-4H,2H2,1H3,(H,14,15)(H,16,17). The van der Waals surface area contributed by atoms with Crippen LogP contribution in [0.25, 0.3) is 11.0 Å². The lowest BCUT2D eigenvalue weighted by molar-refractivity contribution is 0.0697. The Hall–Kier alpha value is -1.88. The molecule has 0 spiro atoms. The number of nitrogens with zero attached hydrogens (tertiary/aromatic N) is 1. The summed E-state index contributed by atoms with van der Waals surface area (Å²) in [7, 11) is 0. The third-order valence-corrected chi connectivity index (χ3v) is 2.76. The first-order chi connectivity index (χ1) is 8.02. The van der Waals surface area contributed by atoms with Crippen LogP contribution in [-0.2, 0) is 6.42 Å². The van der Waals surface area contributed by atoms with Crippen molar-refractivity contribution in [3.8, 4) is 0 Å². The average Bonchev–Trinajstić information content (AvgIpc) is 2.27. The number of pyridine rings is 2. The van der Waals surface area contributed by atoms with Crippen LogP contribution in [0.1, 0.15) is 22.8 Å². The van der Waals surface area contributed by atoms with Gasteiger partial charge in [0.05, 0.1) is 16.6 Å². The monoisotopic (exact) mass is 252 g/mol. The maximum atomic E-state index is 11.6. The number of hydrogen-bond donors (Lipinski definition) is 2. The van der Waals surface area contributed by atoms with Crippen LogP contribution in [0.3, 0.4) is 0 Å². The Kier molecular flexibility index (Phi) is 2.85. The molecule has 0 aliphatic carbocycles. The number of aryl methyl sites for hydroxylation is 1. The highest BCUT2D eigenvalue weighted by Gasteiger charge is 2.12. The summed E-state index contributed by atoms with van der Waals surface area (Å²) in [6.45, 7) is 1.85. The molecule has 6 heteroatoms. The first kappa shape index (κ1) is 11.6. The van der Waals surface area contributed by atoms with Crippen molar-refractivity contribution in [2.24, 2.45) is 0 Å². The Morgan fingerprint density at radius 1 is 1.53 bits per heavy atom. The zero-order valence-corrected chi connectivity index (χ0v) is 9.71. The summed E-state index contributed by atoms with van der Waals surface area (Å²) in [4.78, 5) is 29.0. The lowest BCUT2D eigenvalue weighted by Crippen LogP contribution is -2.12. The molecule has 2 rings (SSSR count). The molecule has 2 aromatic rings. The number of rotatable bonds is 2. The zero-order chi connectivity index (χ0) is 12.6. The van der Waals surface area contributed by atoms with Crippen LogP contribution in [0.4, 0.5) is 0 Å². The largest absolute Gasteiger partial charge is 0.478 e. The molecule has 0 saturated heterocycles. The highest BCUT2D eigenvalue weighted by Crippen LogP contribution is 2.18. The number of H-pyrrole nitrogens is 1. The second kappa shape index (κ2) is 4.18. The van der Waals surface area contributed by atoms with Gasteiger partial charge >= 0.3 is 5.97 Å². The Labute approximate surface area is 101 Å². The van der Waals surface area contributed by atoms with E-state index in [9.17, 15) is 9.59 Å². The van der Waals surface area contributed by atoms with Gasteiger partial charge in [-0.2, -0.15) is 0 Å². The third kappa shape index (κ3) is 2.01.